The van der Waals surface area contributed by atoms with Crippen LogP contribution in [0.5, 0.6) is 0 Å². The summed E-state index contributed by atoms with van der Waals surface area (Å²) < 4.78 is 0. The lowest BCUT2D eigenvalue weighted by molar-refractivity contribution is -0.128. The van der Waals surface area contributed by atoms with Crippen LogP contribution in [0, 0.1) is 11.3 Å². The molecule has 5 rings (SSSR count). The summed E-state index contributed by atoms with van der Waals surface area (Å²) in [6.45, 7) is 8.51. The number of pyridine rings is 1. The smallest absolute Gasteiger partial charge is 0.225 e. The van der Waals surface area contributed by atoms with Crippen molar-refractivity contribution in [2.45, 2.75) is 52.9 Å². The molecule has 3 aromatic rings. The Balaban J connectivity index is 1.47. The Labute approximate surface area is 193 Å². The molecule has 7 heteroatoms. The van der Waals surface area contributed by atoms with E-state index in [2.05, 4.69) is 15.2 Å². The van der Waals surface area contributed by atoms with E-state index in [1.165, 1.54) is 22.2 Å². The number of fused-ring (bicyclic) bond motifs is 3. The summed E-state index contributed by atoms with van der Waals surface area (Å²) in [5.74, 6) is 2.37. The summed E-state index contributed by atoms with van der Waals surface area (Å²) in [6.07, 6.45) is 9.36. The summed E-state index contributed by atoms with van der Waals surface area (Å²) in [5, 5.41) is 4.43. The summed E-state index contributed by atoms with van der Waals surface area (Å²) in [6, 6.07) is 3.96. The number of rotatable bonds is 4. The molecule has 1 unspecified atom stereocenters. The van der Waals surface area contributed by atoms with Crippen LogP contribution in [-0.2, 0) is 17.6 Å². The van der Waals surface area contributed by atoms with E-state index in [0.717, 1.165) is 67.4 Å². The number of hydrogen-bond acceptors (Lipinski definition) is 6. The average molecular weight is 450 g/mol. The van der Waals surface area contributed by atoms with E-state index in [1.54, 1.807) is 6.20 Å². The van der Waals surface area contributed by atoms with E-state index in [4.69, 9.17) is 9.97 Å². The number of piperidine rings is 1. The van der Waals surface area contributed by atoms with E-state index in [9.17, 15) is 4.79 Å². The van der Waals surface area contributed by atoms with Gasteiger partial charge in [0.1, 0.15) is 10.6 Å². The number of hydrogen-bond donors (Lipinski definition) is 1. The van der Waals surface area contributed by atoms with Crippen LogP contribution in [0.15, 0.2) is 24.5 Å². The zero-order valence-electron chi connectivity index (χ0n) is 19.1. The first-order chi connectivity index (χ1) is 15.4. The fourth-order valence-electron chi connectivity index (χ4n) is 4.76. The normalized spacial score (nSPS) is 18.7. The van der Waals surface area contributed by atoms with Crippen LogP contribution in [-0.4, -0.2) is 40.5 Å². The molecular formula is C25H31N5OS. The number of anilines is 1. The topological polar surface area (TPSA) is 71.0 Å². The Hall–Kier alpha value is -2.54. The van der Waals surface area contributed by atoms with E-state index in [-0.39, 0.29) is 11.3 Å². The first-order valence-electron chi connectivity index (χ1n) is 11.7. The maximum atomic E-state index is 12.4. The molecule has 1 fully saturated rings. The Bertz CT molecular complexity index is 1130. The lowest BCUT2D eigenvalue weighted by Gasteiger charge is -2.34. The SMILES string of the molecule is CC(C)(C)C(=O)NCC1CCCN(c2nc(-c3cccnc3)nc3sc4c(c23)CCC4)C1. The van der Waals surface area contributed by atoms with Gasteiger partial charge in [-0.3, -0.25) is 9.78 Å². The van der Waals surface area contributed by atoms with Gasteiger partial charge < -0.3 is 10.2 Å². The van der Waals surface area contributed by atoms with Crippen molar-refractivity contribution in [3.05, 3.63) is 35.0 Å². The first-order valence-corrected chi connectivity index (χ1v) is 12.5. The molecule has 0 radical (unpaired) electrons. The molecule has 1 atom stereocenters. The van der Waals surface area contributed by atoms with Crippen LogP contribution in [0.25, 0.3) is 21.6 Å². The van der Waals surface area contributed by atoms with Crippen molar-refractivity contribution >= 4 is 33.3 Å². The second kappa shape index (κ2) is 8.43. The summed E-state index contributed by atoms with van der Waals surface area (Å²) in [5.41, 5.74) is 2.05. The van der Waals surface area contributed by atoms with Gasteiger partial charge in [0.05, 0.1) is 5.39 Å². The Morgan fingerprint density at radius 1 is 1.25 bits per heavy atom. The third-order valence-electron chi connectivity index (χ3n) is 6.52. The lowest BCUT2D eigenvalue weighted by atomic mass is 9.94. The highest BCUT2D eigenvalue weighted by Gasteiger charge is 2.29. The molecule has 32 heavy (non-hydrogen) atoms. The Morgan fingerprint density at radius 3 is 2.91 bits per heavy atom. The van der Waals surface area contributed by atoms with Gasteiger partial charge in [-0.1, -0.05) is 20.8 Å². The van der Waals surface area contributed by atoms with Crippen LogP contribution < -0.4 is 10.2 Å². The maximum absolute atomic E-state index is 12.4. The first kappa shape index (κ1) is 21.3. The zero-order valence-corrected chi connectivity index (χ0v) is 20.0. The molecule has 1 aliphatic carbocycles. The molecule has 0 spiro atoms. The molecule has 1 aliphatic heterocycles. The van der Waals surface area contributed by atoms with Gasteiger partial charge in [0, 0.05) is 47.9 Å². The van der Waals surface area contributed by atoms with Gasteiger partial charge in [-0.2, -0.15) is 0 Å². The number of carbonyl (C=O) groups excluding carboxylic acids is 1. The lowest BCUT2D eigenvalue weighted by Crippen LogP contribution is -2.43. The molecule has 6 nitrogen and oxygen atoms in total. The highest BCUT2D eigenvalue weighted by atomic mass is 32.1. The molecule has 2 aliphatic rings. The molecule has 0 aromatic carbocycles. The summed E-state index contributed by atoms with van der Waals surface area (Å²) in [4.78, 5) is 31.7. The van der Waals surface area contributed by atoms with E-state index < -0.39 is 0 Å². The molecule has 0 saturated carbocycles. The van der Waals surface area contributed by atoms with Gasteiger partial charge in [-0.05, 0) is 55.7 Å². The number of nitrogens with zero attached hydrogens (tertiary/aromatic N) is 4. The molecule has 1 amide bonds. The summed E-state index contributed by atoms with van der Waals surface area (Å²) in [7, 11) is 0. The van der Waals surface area contributed by atoms with Crippen LogP contribution >= 0.6 is 11.3 Å². The zero-order chi connectivity index (χ0) is 22.3. The van der Waals surface area contributed by atoms with Gasteiger partial charge in [-0.25, -0.2) is 9.97 Å². The molecular weight excluding hydrogens is 418 g/mol. The van der Waals surface area contributed by atoms with E-state index >= 15 is 0 Å². The molecule has 168 valence electrons. The van der Waals surface area contributed by atoms with Gasteiger partial charge >= 0.3 is 0 Å². The number of aryl methyl sites for hydroxylation is 2. The standard InChI is InChI=1S/C25H31N5OS/c1-25(2,3)24(31)27-13-16-7-6-12-30(15-16)22-20-18-9-4-10-19(18)32-23(20)29-21(28-22)17-8-5-11-26-14-17/h5,8,11,14,16H,4,6-7,9-10,12-13,15H2,1-3H3,(H,27,31). The monoisotopic (exact) mass is 449 g/mol. The van der Waals surface area contributed by atoms with Gasteiger partial charge in [0.25, 0.3) is 0 Å². The van der Waals surface area contributed by atoms with Crippen LogP contribution in [0.3, 0.4) is 0 Å². The van der Waals surface area contributed by atoms with E-state index in [0.29, 0.717) is 5.92 Å². The van der Waals surface area contributed by atoms with E-state index in [1.807, 2.05) is 50.4 Å². The van der Waals surface area contributed by atoms with Crippen LogP contribution in [0.1, 0.15) is 50.5 Å². The largest absolute Gasteiger partial charge is 0.356 e. The average Bonchev–Trinajstić information content (AvgIpc) is 3.38. The highest BCUT2D eigenvalue weighted by molar-refractivity contribution is 7.19. The number of thiophene rings is 1. The minimum absolute atomic E-state index is 0.119. The third-order valence-corrected chi connectivity index (χ3v) is 7.70. The second-order valence-electron chi connectivity index (χ2n) is 10.1. The number of aromatic nitrogens is 3. The number of amides is 1. The van der Waals surface area contributed by atoms with Gasteiger partial charge in [0.15, 0.2) is 5.82 Å². The number of carbonyl (C=O) groups is 1. The highest BCUT2D eigenvalue weighted by Crippen LogP contribution is 2.42. The quantitative estimate of drug-likeness (QED) is 0.629. The predicted octanol–water partition coefficient (Wildman–Crippen LogP) is 4.62. The fourth-order valence-corrected chi connectivity index (χ4v) is 6.01. The minimum atomic E-state index is -0.358. The van der Waals surface area contributed by atoms with Crippen molar-refractivity contribution in [3.63, 3.8) is 0 Å². The van der Waals surface area contributed by atoms with Crippen molar-refractivity contribution in [1.29, 1.82) is 0 Å². The predicted molar refractivity (Wildman–Crippen MR) is 130 cm³/mol. The van der Waals surface area contributed by atoms with Gasteiger partial charge in [0.2, 0.25) is 5.91 Å². The third kappa shape index (κ3) is 4.10. The summed E-state index contributed by atoms with van der Waals surface area (Å²) >= 11 is 1.84. The molecule has 1 saturated heterocycles. The molecule has 1 N–H and O–H groups in total. The van der Waals surface area contributed by atoms with Crippen molar-refractivity contribution in [2.24, 2.45) is 11.3 Å². The fraction of sp³-hybridized carbons (Fsp3) is 0.520. The molecule has 0 bridgehead atoms. The maximum Gasteiger partial charge on any atom is 0.225 e. The van der Waals surface area contributed by atoms with Gasteiger partial charge in [-0.15, -0.1) is 11.3 Å². The van der Waals surface area contributed by atoms with Crippen molar-refractivity contribution in [3.8, 4) is 11.4 Å². The second-order valence-corrected chi connectivity index (χ2v) is 11.1. The Kier molecular flexibility index (Phi) is 5.61. The number of nitrogens with one attached hydrogen (secondary N) is 1. The van der Waals surface area contributed by atoms with Crippen LogP contribution in [0.4, 0.5) is 5.82 Å². The van der Waals surface area contributed by atoms with Crippen LogP contribution in [0.2, 0.25) is 0 Å². The van der Waals surface area contributed by atoms with Crippen molar-refractivity contribution < 1.29 is 4.79 Å². The van der Waals surface area contributed by atoms with Crippen molar-refractivity contribution in [2.75, 3.05) is 24.5 Å². The van der Waals surface area contributed by atoms with Crippen molar-refractivity contribution in [1.82, 2.24) is 20.3 Å². The molecule has 4 heterocycles. The Morgan fingerprint density at radius 2 is 2.12 bits per heavy atom. The minimum Gasteiger partial charge on any atom is -0.356 e. The molecule has 3 aromatic heterocycles.